The molecule has 0 saturated carbocycles. The first kappa shape index (κ1) is 18.6. The van der Waals surface area contributed by atoms with Gasteiger partial charge in [-0.05, 0) is 12.0 Å². The number of hydrogen-bond acceptors (Lipinski definition) is 2. The lowest BCUT2D eigenvalue weighted by Gasteiger charge is -2.22. The highest BCUT2D eigenvalue weighted by Gasteiger charge is 2.28. The first-order valence-corrected chi connectivity index (χ1v) is 8.12. The highest BCUT2D eigenvalue weighted by Crippen LogP contribution is 2.19. The van der Waals surface area contributed by atoms with Crippen LogP contribution in [0.1, 0.15) is 18.4 Å². The molecule has 1 aliphatic rings. The highest BCUT2D eigenvalue weighted by atomic mass is 19.4. The van der Waals surface area contributed by atoms with Crippen molar-refractivity contribution in [2.24, 2.45) is 10.9 Å². The maximum atomic E-state index is 12.2. The van der Waals surface area contributed by atoms with Crippen molar-refractivity contribution in [1.82, 2.24) is 10.2 Å². The summed E-state index contributed by atoms with van der Waals surface area (Å²) in [7, 11) is 1.59. The molecular formula is C17H24F3N3O. The Morgan fingerprint density at radius 2 is 2.08 bits per heavy atom. The smallest absolute Gasteiger partial charge is 0.376 e. The first-order valence-electron chi connectivity index (χ1n) is 8.12. The lowest BCUT2D eigenvalue weighted by molar-refractivity contribution is -0.132. The molecule has 134 valence electrons. The van der Waals surface area contributed by atoms with Crippen molar-refractivity contribution in [2.45, 2.75) is 25.6 Å². The van der Waals surface area contributed by atoms with Crippen molar-refractivity contribution in [3.8, 4) is 0 Å². The van der Waals surface area contributed by atoms with Crippen molar-refractivity contribution in [1.29, 1.82) is 0 Å². The summed E-state index contributed by atoms with van der Waals surface area (Å²) in [5.41, 5.74) is 1.14. The van der Waals surface area contributed by atoms with Gasteiger partial charge in [-0.1, -0.05) is 30.3 Å². The van der Waals surface area contributed by atoms with Crippen LogP contribution in [0.4, 0.5) is 13.2 Å². The SMILES string of the molecule is CN=C(NCCC(F)(F)F)N1CCC(COCc2ccccc2)C1. The molecule has 7 heteroatoms. The minimum atomic E-state index is -4.15. The molecule has 1 unspecified atom stereocenters. The molecule has 0 amide bonds. The number of alkyl halides is 3. The Morgan fingerprint density at radius 1 is 1.33 bits per heavy atom. The number of nitrogens with one attached hydrogen (secondary N) is 1. The number of halogens is 3. The number of aliphatic imine (C=N–C) groups is 1. The molecule has 0 bridgehead atoms. The number of ether oxygens (including phenoxy) is 1. The van der Waals surface area contributed by atoms with Gasteiger partial charge in [0.05, 0.1) is 19.6 Å². The summed E-state index contributed by atoms with van der Waals surface area (Å²) in [5, 5.41) is 2.79. The Hall–Kier alpha value is -1.76. The van der Waals surface area contributed by atoms with Gasteiger partial charge < -0.3 is 15.0 Å². The molecule has 0 spiro atoms. The van der Waals surface area contributed by atoms with Gasteiger partial charge in [-0.25, -0.2) is 0 Å². The predicted molar refractivity (Wildman–Crippen MR) is 87.8 cm³/mol. The molecule has 1 N–H and O–H groups in total. The van der Waals surface area contributed by atoms with Gasteiger partial charge in [-0.3, -0.25) is 4.99 Å². The fourth-order valence-corrected chi connectivity index (χ4v) is 2.73. The van der Waals surface area contributed by atoms with E-state index in [1.165, 1.54) is 0 Å². The van der Waals surface area contributed by atoms with E-state index in [1.807, 2.05) is 35.2 Å². The lowest BCUT2D eigenvalue weighted by Crippen LogP contribution is -2.41. The summed E-state index contributed by atoms with van der Waals surface area (Å²) in [6.45, 7) is 2.61. The Balaban J connectivity index is 1.69. The topological polar surface area (TPSA) is 36.9 Å². The molecule has 1 fully saturated rings. The third-order valence-electron chi connectivity index (χ3n) is 3.95. The molecule has 24 heavy (non-hydrogen) atoms. The van der Waals surface area contributed by atoms with E-state index in [0.29, 0.717) is 25.1 Å². The van der Waals surface area contributed by atoms with E-state index >= 15 is 0 Å². The number of nitrogens with zero attached hydrogens (tertiary/aromatic N) is 2. The normalized spacial score (nSPS) is 18.9. The van der Waals surface area contributed by atoms with Crippen LogP contribution in [-0.2, 0) is 11.3 Å². The zero-order valence-corrected chi connectivity index (χ0v) is 13.9. The second-order valence-electron chi connectivity index (χ2n) is 5.94. The van der Waals surface area contributed by atoms with E-state index in [0.717, 1.165) is 25.1 Å². The number of hydrogen-bond donors (Lipinski definition) is 1. The minimum Gasteiger partial charge on any atom is -0.376 e. The third-order valence-corrected chi connectivity index (χ3v) is 3.95. The van der Waals surface area contributed by atoms with Crippen LogP contribution in [0.25, 0.3) is 0 Å². The molecule has 1 atom stereocenters. The van der Waals surface area contributed by atoms with Gasteiger partial charge in [0.25, 0.3) is 0 Å². The second-order valence-corrected chi connectivity index (χ2v) is 5.94. The first-order chi connectivity index (χ1) is 11.5. The van der Waals surface area contributed by atoms with E-state index in [9.17, 15) is 13.2 Å². The zero-order chi connectivity index (χ0) is 17.4. The molecule has 1 aliphatic heterocycles. The van der Waals surface area contributed by atoms with E-state index in [2.05, 4.69) is 10.3 Å². The lowest BCUT2D eigenvalue weighted by atomic mass is 10.1. The quantitative estimate of drug-likeness (QED) is 0.637. The van der Waals surface area contributed by atoms with Gasteiger partial charge in [-0.2, -0.15) is 13.2 Å². The second kappa shape index (κ2) is 8.92. The van der Waals surface area contributed by atoms with Crippen LogP contribution in [0.2, 0.25) is 0 Å². The van der Waals surface area contributed by atoms with Gasteiger partial charge in [0.15, 0.2) is 5.96 Å². The number of benzene rings is 1. The van der Waals surface area contributed by atoms with Gasteiger partial charge in [0.1, 0.15) is 0 Å². The van der Waals surface area contributed by atoms with Crippen LogP contribution in [0, 0.1) is 5.92 Å². The van der Waals surface area contributed by atoms with Gasteiger partial charge in [0, 0.05) is 32.6 Å². The van der Waals surface area contributed by atoms with E-state index in [4.69, 9.17) is 4.74 Å². The summed E-state index contributed by atoms with van der Waals surface area (Å²) in [6.07, 6.45) is -4.05. The molecule has 1 heterocycles. The van der Waals surface area contributed by atoms with Crippen LogP contribution >= 0.6 is 0 Å². The monoisotopic (exact) mass is 343 g/mol. The largest absolute Gasteiger partial charge is 0.390 e. The Labute approximate surface area is 140 Å². The van der Waals surface area contributed by atoms with E-state index < -0.39 is 12.6 Å². The number of guanidine groups is 1. The summed E-state index contributed by atoms with van der Waals surface area (Å²) < 4.78 is 42.4. The Kier molecular flexibility index (Phi) is 6.90. The van der Waals surface area contributed by atoms with Crippen molar-refractivity contribution in [3.63, 3.8) is 0 Å². The summed E-state index contributed by atoms with van der Waals surface area (Å²) in [4.78, 5) is 6.07. The summed E-state index contributed by atoms with van der Waals surface area (Å²) >= 11 is 0. The van der Waals surface area contributed by atoms with Crippen molar-refractivity contribution >= 4 is 5.96 Å². The molecule has 0 aliphatic carbocycles. The molecular weight excluding hydrogens is 319 g/mol. The number of rotatable bonds is 6. The van der Waals surface area contributed by atoms with Crippen LogP contribution in [-0.4, -0.2) is 50.3 Å². The highest BCUT2D eigenvalue weighted by molar-refractivity contribution is 5.80. The van der Waals surface area contributed by atoms with Gasteiger partial charge >= 0.3 is 6.18 Å². The zero-order valence-electron chi connectivity index (χ0n) is 13.9. The van der Waals surface area contributed by atoms with Crippen LogP contribution < -0.4 is 5.32 Å². The fourth-order valence-electron chi connectivity index (χ4n) is 2.73. The van der Waals surface area contributed by atoms with Crippen molar-refractivity contribution in [3.05, 3.63) is 35.9 Å². The van der Waals surface area contributed by atoms with Crippen LogP contribution in [0.15, 0.2) is 35.3 Å². The summed E-state index contributed by atoms with van der Waals surface area (Å²) in [6, 6.07) is 9.97. The molecule has 4 nitrogen and oxygen atoms in total. The fraction of sp³-hybridized carbons (Fsp3) is 0.588. The molecule has 1 aromatic rings. The maximum Gasteiger partial charge on any atom is 0.390 e. The van der Waals surface area contributed by atoms with Crippen molar-refractivity contribution < 1.29 is 17.9 Å². The van der Waals surface area contributed by atoms with Crippen molar-refractivity contribution in [2.75, 3.05) is 33.3 Å². The number of likely N-dealkylation sites (tertiary alicyclic amines) is 1. The average molecular weight is 343 g/mol. The molecule has 0 radical (unpaired) electrons. The third kappa shape index (κ3) is 6.39. The molecule has 2 rings (SSSR count). The maximum absolute atomic E-state index is 12.2. The predicted octanol–water partition coefficient (Wildman–Crippen LogP) is 3.05. The van der Waals surface area contributed by atoms with E-state index in [1.54, 1.807) is 7.05 Å². The molecule has 1 saturated heterocycles. The molecule has 1 aromatic carbocycles. The standard InChI is InChI=1S/C17H24F3N3O/c1-21-16(22-9-8-17(18,19)20)23-10-7-15(11-23)13-24-12-14-5-3-2-4-6-14/h2-6,15H,7-13H2,1H3,(H,21,22). The Bertz CT molecular complexity index is 520. The van der Waals surface area contributed by atoms with Crippen LogP contribution in [0.5, 0.6) is 0 Å². The average Bonchev–Trinajstić information content (AvgIpc) is 3.00. The molecule has 0 aromatic heterocycles. The summed E-state index contributed by atoms with van der Waals surface area (Å²) in [5.74, 6) is 0.902. The Morgan fingerprint density at radius 3 is 2.75 bits per heavy atom. The van der Waals surface area contributed by atoms with Gasteiger partial charge in [0.2, 0.25) is 0 Å². The van der Waals surface area contributed by atoms with Crippen LogP contribution in [0.3, 0.4) is 0 Å². The van der Waals surface area contributed by atoms with E-state index in [-0.39, 0.29) is 6.54 Å². The van der Waals surface area contributed by atoms with Gasteiger partial charge in [-0.15, -0.1) is 0 Å². The minimum absolute atomic E-state index is 0.151.